The van der Waals surface area contributed by atoms with Crippen molar-refractivity contribution in [1.29, 1.82) is 0 Å². The van der Waals surface area contributed by atoms with Crippen molar-refractivity contribution in [3.05, 3.63) is 72.2 Å². The third-order valence-corrected chi connectivity index (χ3v) is 5.94. The number of nitrogens with two attached hydrogens (primary N) is 1. The fraction of sp³-hybridized carbons (Fsp3) is 0.240. The monoisotopic (exact) mass is 442 g/mol. The maximum absolute atomic E-state index is 11.4. The fourth-order valence-corrected chi connectivity index (χ4v) is 4.12. The minimum Gasteiger partial charge on any atom is -0.378 e. The SMILES string of the molecule is CCc1cnc2c(Nc3ccc(N4CCOCC4)cc3)ncc(-c3ccc(C(N)=O)cc3)n12. The Bertz CT molecular complexity index is 1280. The van der Waals surface area contributed by atoms with Gasteiger partial charge in [0.25, 0.3) is 0 Å². The molecule has 1 amide bonds. The molecule has 0 bridgehead atoms. The molecule has 0 atom stereocenters. The van der Waals surface area contributed by atoms with Crippen molar-refractivity contribution in [2.24, 2.45) is 5.73 Å². The van der Waals surface area contributed by atoms with Crippen LogP contribution >= 0.6 is 0 Å². The quantitative estimate of drug-likeness (QED) is 0.473. The Hall–Kier alpha value is -3.91. The number of carbonyl (C=O) groups excluding carboxylic acids is 1. The Morgan fingerprint density at radius 2 is 1.76 bits per heavy atom. The van der Waals surface area contributed by atoms with Crippen LogP contribution in [0.3, 0.4) is 0 Å². The summed E-state index contributed by atoms with van der Waals surface area (Å²) < 4.78 is 7.55. The zero-order valence-electron chi connectivity index (χ0n) is 18.5. The molecule has 2 aromatic carbocycles. The molecule has 0 radical (unpaired) electrons. The summed E-state index contributed by atoms with van der Waals surface area (Å²) in [6.07, 6.45) is 4.54. The van der Waals surface area contributed by atoms with Gasteiger partial charge < -0.3 is 20.7 Å². The minimum atomic E-state index is -0.444. The lowest BCUT2D eigenvalue weighted by Gasteiger charge is -2.28. The van der Waals surface area contributed by atoms with E-state index in [1.807, 2.05) is 24.5 Å². The number of imidazole rings is 1. The van der Waals surface area contributed by atoms with E-state index in [1.54, 1.807) is 12.1 Å². The van der Waals surface area contributed by atoms with Crippen molar-refractivity contribution in [3.8, 4) is 11.3 Å². The van der Waals surface area contributed by atoms with Gasteiger partial charge in [-0.1, -0.05) is 19.1 Å². The number of nitrogens with zero attached hydrogens (tertiary/aromatic N) is 4. The van der Waals surface area contributed by atoms with Crippen LogP contribution in [0.4, 0.5) is 17.2 Å². The molecule has 8 heteroatoms. The van der Waals surface area contributed by atoms with Crippen molar-refractivity contribution in [1.82, 2.24) is 14.4 Å². The van der Waals surface area contributed by atoms with Gasteiger partial charge >= 0.3 is 0 Å². The maximum Gasteiger partial charge on any atom is 0.248 e. The number of benzene rings is 2. The zero-order valence-corrected chi connectivity index (χ0v) is 18.5. The number of primary amides is 1. The first-order chi connectivity index (χ1) is 16.1. The lowest BCUT2D eigenvalue weighted by molar-refractivity contribution is 0.100. The molecule has 5 rings (SSSR count). The zero-order chi connectivity index (χ0) is 22.8. The molecule has 3 heterocycles. The van der Waals surface area contributed by atoms with Gasteiger partial charge in [-0.3, -0.25) is 9.20 Å². The van der Waals surface area contributed by atoms with E-state index in [2.05, 4.69) is 55.8 Å². The van der Waals surface area contributed by atoms with Gasteiger partial charge in [0.1, 0.15) is 0 Å². The van der Waals surface area contributed by atoms with Crippen LogP contribution in [-0.2, 0) is 11.2 Å². The fourth-order valence-electron chi connectivity index (χ4n) is 4.12. The van der Waals surface area contributed by atoms with Crippen molar-refractivity contribution >= 4 is 28.7 Å². The standard InChI is InChI=1S/C25H26N6O2/c1-2-20-15-28-25-24(29-19-7-9-21(10-8-19)30-11-13-33-14-12-30)27-16-22(31(20)25)17-3-5-18(6-4-17)23(26)32/h3-10,15-16H,2,11-14H2,1H3,(H2,26,32)(H,27,29). The maximum atomic E-state index is 11.4. The van der Waals surface area contributed by atoms with Crippen molar-refractivity contribution in [2.45, 2.75) is 13.3 Å². The van der Waals surface area contributed by atoms with Crippen LogP contribution in [0.5, 0.6) is 0 Å². The number of aryl methyl sites for hydroxylation is 1. The molecule has 0 aliphatic carbocycles. The Morgan fingerprint density at radius 3 is 2.42 bits per heavy atom. The molecule has 4 aromatic rings. The number of ether oxygens (including phenoxy) is 1. The van der Waals surface area contributed by atoms with Crippen LogP contribution in [0, 0.1) is 0 Å². The van der Waals surface area contributed by atoms with E-state index in [-0.39, 0.29) is 0 Å². The molecule has 33 heavy (non-hydrogen) atoms. The summed E-state index contributed by atoms with van der Waals surface area (Å²) in [5.74, 6) is 0.243. The van der Waals surface area contributed by atoms with Gasteiger partial charge in [-0.05, 0) is 42.8 Å². The second kappa shape index (κ2) is 8.91. The van der Waals surface area contributed by atoms with Gasteiger partial charge in [0, 0.05) is 47.5 Å². The molecular formula is C25H26N6O2. The van der Waals surface area contributed by atoms with Crippen LogP contribution in [-0.4, -0.2) is 46.6 Å². The Labute approximate surface area is 192 Å². The van der Waals surface area contributed by atoms with E-state index in [4.69, 9.17) is 10.5 Å². The normalized spacial score (nSPS) is 13.9. The number of hydrogen-bond donors (Lipinski definition) is 2. The van der Waals surface area contributed by atoms with E-state index in [0.29, 0.717) is 11.4 Å². The molecule has 1 saturated heterocycles. The predicted octanol–water partition coefficient (Wildman–Crippen LogP) is 3.64. The number of rotatable bonds is 6. The minimum absolute atomic E-state index is 0.444. The highest BCUT2D eigenvalue weighted by Gasteiger charge is 2.15. The van der Waals surface area contributed by atoms with Crippen LogP contribution in [0.2, 0.25) is 0 Å². The van der Waals surface area contributed by atoms with E-state index < -0.39 is 5.91 Å². The van der Waals surface area contributed by atoms with Crippen LogP contribution in [0.25, 0.3) is 16.9 Å². The summed E-state index contributed by atoms with van der Waals surface area (Å²) in [5, 5.41) is 3.42. The van der Waals surface area contributed by atoms with Gasteiger partial charge in [0.2, 0.25) is 5.91 Å². The summed E-state index contributed by atoms with van der Waals surface area (Å²) in [7, 11) is 0. The molecule has 168 valence electrons. The number of morpholine rings is 1. The molecule has 1 aliphatic heterocycles. The van der Waals surface area contributed by atoms with Gasteiger partial charge in [-0.25, -0.2) is 9.97 Å². The molecule has 0 spiro atoms. The van der Waals surface area contributed by atoms with Crippen molar-refractivity contribution in [2.75, 3.05) is 36.5 Å². The molecule has 1 aliphatic rings. The summed E-state index contributed by atoms with van der Waals surface area (Å²) in [6.45, 7) is 5.44. The smallest absolute Gasteiger partial charge is 0.248 e. The van der Waals surface area contributed by atoms with Crippen LogP contribution in [0.15, 0.2) is 60.9 Å². The number of anilines is 3. The van der Waals surface area contributed by atoms with Crippen molar-refractivity contribution in [3.63, 3.8) is 0 Å². The second-order valence-corrected chi connectivity index (χ2v) is 7.97. The van der Waals surface area contributed by atoms with Gasteiger partial charge in [0.05, 0.1) is 25.1 Å². The number of nitrogens with one attached hydrogen (secondary N) is 1. The molecule has 0 saturated carbocycles. The summed E-state index contributed by atoms with van der Waals surface area (Å²) in [6, 6.07) is 15.6. The van der Waals surface area contributed by atoms with Gasteiger partial charge in [0.15, 0.2) is 11.5 Å². The average molecular weight is 443 g/mol. The first-order valence-electron chi connectivity index (χ1n) is 11.1. The van der Waals surface area contributed by atoms with E-state index in [0.717, 1.165) is 61.0 Å². The molecule has 2 aromatic heterocycles. The highest BCUT2D eigenvalue weighted by molar-refractivity contribution is 5.93. The lowest BCUT2D eigenvalue weighted by atomic mass is 10.1. The molecular weight excluding hydrogens is 416 g/mol. The van der Waals surface area contributed by atoms with Crippen molar-refractivity contribution < 1.29 is 9.53 Å². The van der Waals surface area contributed by atoms with Gasteiger partial charge in [-0.15, -0.1) is 0 Å². The Kier molecular flexibility index (Phi) is 5.66. The number of fused-ring (bicyclic) bond motifs is 1. The van der Waals surface area contributed by atoms with E-state index in [9.17, 15) is 4.79 Å². The first kappa shape index (κ1) is 21.0. The largest absolute Gasteiger partial charge is 0.378 e. The number of aromatic nitrogens is 3. The van der Waals surface area contributed by atoms with Crippen LogP contribution in [0.1, 0.15) is 23.0 Å². The number of carbonyl (C=O) groups is 1. The second-order valence-electron chi connectivity index (χ2n) is 7.97. The van der Waals surface area contributed by atoms with E-state index >= 15 is 0 Å². The summed E-state index contributed by atoms with van der Waals surface area (Å²) in [5.41, 5.74) is 11.7. The van der Waals surface area contributed by atoms with E-state index in [1.165, 1.54) is 5.69 Å². The molecule has 8 nitrogen and oxygen atoms in total. The average Bonchev–Trinajstić information content (AvgIpc) is 3.30. The lowest BCUT2D eigenvalue weighted by Crippen LogP contribution is -2.36. The number of hydrogen-bond acceptors (Lipinski definition) is 6. The third-order valence-electron chi connectivity index (χ3n) is 5.94. The first-order valence-corrected chi connectivity index (χ1v) is 11.1. The molecule has 1 fully saturated rings. The highest BCUT2D eigenvalue weighted by atomic mass is 16.5. The Morgan fingerprint density at radius 1 is 1.03 bits per heavy atom. The third kappa shape index (κ3) is 4.12. The summed E-state index contributed by atoms with van der Waals surface area (Å²) >= 11 is 0. The molecule has 0 unspecified atom stereocenters. The highest BCUT2D eigenvalue weighted by Crippen LogP contribution is 2.28. The summed E-state index contributed by atoms with van der Waals surface area (Å²) in [4.78, 5) is 23.1. The number of amides is 1. The Balaban J connectivity index is 1.46. The van der Waals surface area contributed by atoms with Gasteiger partial charge in [-0.2, -0.15) is 0 Å². The predicted molar refractivity (Wildman–Crippen MR) is 129 cm³/mol. The molecule has 3 N–H and O–H groups in total. The van der Waals surface area contributed by atoms with Crippen LogP contribution < -0.4 is 16.0 Å². The topological polar surface area (TPSA) is 97.8 Å².